The van der Waals surface area contributed by atoms with E-state index in [1.807, 2.05) is 0 Å². The molecule has 11 nitrogen and oxygen atoms in total. The molecule has 0 bridgehead atoms. The largest absolute Gasteiger partial charge is 0.573 e. The van der Waals surface area contributed by atoms with Gasteiger partial charge in [0.15, 0.2) is 17.3 Å². The van der Waals surface area contributed by atoms with Crippen molar-refractivity contribution in [2.75, 3.05) is 6.54 Å². The van der Waals surface area contributed by atoms with Gasteiger partial charge < -0.3 is 24.1 Å². The van der Waals surface area contributed by atoms with Crippen LogP contribution in [-0.2, 0) is 11.3 Å². The van der Waals surface area contributed by atoms with Crippen molar-refractivity contribution in [2.24, 2.45) is 0 Å². The average Bonchev–Trinajstić information content (AvgIpc) is 3.55. The SMILES string of the molecule is CC(C)(C)OC(=O)N1CC(NC(=O)c2ncc(-c3ccc(F)c(OC(F)(F)F)c3)o2)CC1Cn1ccnn1. The second kappa shape index (κ2) is 10.3. The van der Waals surface area contributed by atoms with Crippen LogP contribution in [0.2, 0.25) is 0 Å². The second-order valence-corrected chi connectivity index (χ2v) is 9.54. The summed E-state index contributed by atoms with van der Waals surface area (Å²) in [5.74, 6) is -3.43. The Hall–Kier alpha value is -4.17. The molecule has 1 aliphatic rings. The molecule has 2 unspecified atom stereocenters. The van der Waals surface area contributed by atoms with Gasteiger partial charge in [0.05, 0.1) is 25.0 Å². The van der Waals surface area contributed by atoms with Crippen molar-refractivity contribution >= 4 is 12.0 Å². The predicted molar refractivity (Wildman–Crippen MR) is 121 cm³/mol. The Morgan fingerprint density at radius 1 is 1.24 bits per heavy atom. The molecule has 4 rings (SSSR count). The molecule has 2 atom stereocenters. The number of carbonyl (C=O) groups excluding carboxylic acids is 2. The van der Waals surface area contributed by atoms with Gasteiger partial charge in [-0.25, -0.2) is 14.2 Å². The van der Waals surface area contributed by atoms with E-state index in [9.17, 15) is 27.2 Å². The first-order valence-corrected chi connectivity index (χ1v) is 11.4. The highest BCUT2D eigenvalue weighted by atomic mass is 19.4. The molecule has 0 radical (unpaired) electrons. The maximum atomic E-state index is 13.7. The van der Waals surface area contributed by atoms with Gasteiger partial charge in [0.25, 0.3) is 5.89 Å². The Kier molecular flexibility index (Phi) is 7.29. The number of aromatic nitrogens is 4. The molecule has 1 aromatic carbocycles. The number of halogens is 4. The van der Waals surface area contributed by atoms with Crippen LogP contribution >= 0.6 is 0 Å². The number of ether oxygens (including phenoxy) is 2. The summed E-state index contributed by atoms with van der Waals surface area (Å²) in [6.07, 6.45) is -0.999. The molecule has 38 heavy (non-hydrogen) atoms. The molecule has 2 aromatic heterocycles. The van der Waals surface area contributed by atoms with E-state index in [1.165, 1.54) is 11.1 Å². The van der Waals surface area contributed by atoms with Crippen LogP contribution in [0.4, 0.5) is 22.4 Å². The minimum atomic E-state index is -5.09. The molecule has 204 valence electrons. The smallest absolute Gasteiger partial charge is 0.444 e. The summed E-state index contributed by atoms with van der Waals surface area (Å²) < 4.78 is 67.5. The zero-order valence-corrected chi connectivity index (χ0v) is 20.5. The Labute approximate surface area is 213 Å². The van der Waals surface area contributed by atoms with E-state index in [1.54, 1.807) is 31.6 Å². The third-order valence-corrected chi connectivity index (χ3v) is 5.39. The number of hydrogen-bond acceptors (Lipinski definition) is 8. The quantitative estimate of drug-likeness (QED) is 0.469. The minimum absolute atomic E-state index is 0.0158. The number of nitrogens with one attached hydrogen (secondary N) is 1. The molecule has 0 aliphatic carbocycles. The molecule has 1 N–H and O–H groups in total. The first-order valence-electron chi connectivity index (χ1n) is 11.4. The molecule has 0 spiro atoms. The van der Waals surface area contributed by atoms with E-state index in [-0.39, 0.29) is 29.8 Å². The van der Waals surface area contributed by atoms with Crippen LogP contribution < -0.4 is 10.1 Å². The maximum Gasteiger partial charge on any atom is 0.573 e. The van der Waals surface area contributed by atoms with E-state index < -0.39 is 41.6 Å². The number of nitrogens with zero attached hydrogens (tertiary/aromatic N) is 5. The Balaban J connectivity index is 1.46. The third-order valence-electron chi connectivity index (χ3n) is 5.39. The molecule has 1 aliphatic heterocycles. The zero-order valence-electron chi connectivity index (χ0n) is 20.5. The highest BCUT2D eigenvalue weighted by Gasteiger charge is 2.39. The van der Waals surface area contributed by atoms with E-state index in [0.717, 1.165) is 24.4 Å². The number of benzene rings is 1. The molecule has 2 amide bonds. The lowest BCUT2D eigenvalue weighted by atomic mass is 10.1. The highest BCUT2D eigenvalue weighted by Crippen LogP contribution is 2.31. The van der Waals surface area contributed by atoms with Crippen molar-refractivity contribution in [1.29, 1.82) is 0 Å². The fourth-order valence-corrected chi connectivity index (χ4v) is 3.90. The number of rotatable bonds is 6. The molecule has 0 saturated carbocycles. The standard InChI is InChI=1S/C23H24F4N6O5/c1-22(2,3)38-21(35)33-11-14(9-15(33)12-32-7-6-29-31-32)30-19(34)20-28-10-18(36-20)13-4-5-16(24)17(8-13)37-23(25,26)27/h4-8,10,14-15H,9,11-12H2,1-3H3,(H,30,34). The number of alkyl halides is 3. The predicted octanol–water partition coefficient (Wildman–Crippen LogP) is 3.78. The van der Waals surface area contributed by atoms with Crippen LogP contribution in [0.15, 0.2) is 41.2 Å². The average molecular weight is 540 g/mol. The fourth-order valence-electron chi connectivity index (χ4n) is 3.90. The molecular formula is C23H24F4N6O5. The first kappa shape index (κ1) is 26.9. The number of oxazole rings is 1. The monoisotopic (exact) mass is 540 g/mol. The van der Waals surface area contributed by atoms with Crippen molar-refractivity contribution < 1.29 is 41.0 Å². The van der Waals surface area contributed by atoms with E-state index >= 15 is 0 Å². The van der Waals surface area contributed by atoms with Crippen LogP contribution in [0, 0.1) is 5.82 Å². The summed E-state index contributed by atoms with van der Waals surface area (Å²) in [6.45, 7) is 5.69. The minimum Gasteiger partial charge on any atom is -0.444 e. The number of carbonyl (C=O) groups is 2. The first-order chi connectivity index (χ1) is 17.8. The summed E-state index contributed by atoms with van der Waals surface area (Å²) in [6, 6.07) is 1.87. The third kappa shape index (κ3) is 6.77. The van der Waals surface area contributed by atoms with Crippen molar-refractivity contribution in [3.8, 4) is 17.1 Å². The lowest BCUT2D eigenvalue weighted by Gasteiger charge is -2.28. The fraction of sp³-hybridized carbons (Fsp3) is 0.435. The zero-order chi connectivity index (χ0) is 27.7. The van der Waals surface area contributed by atoms with Gasteiger partial charge in [0.1, 0.15) is 5.60 Å². The Bertz CT molecular complexity index is 1290. The van der Waals surface area contributed by atoms with Crippen LogP contribution in [0.3, 0.4) is 0 Å². The summed E-state index contributed by atoms with van der Waals surface area (Å²) >= 11 is 0. The summed E-state index contributed by atoms with van der Waals surface area (Å²) in [5.41, 5.74) is -0.710. The lowest BCUT2D eigenvalue weighted by Crippen LogP contribution is -2.43. The summed E-state index contributed by atoms with van der Waals surface area (Å²) in [7, 11) is 0. The van der Waals surface area contributed by atoms with Crippen LogP contribution in [0.1, 0.15) is 37.9 Å². The number of amides is 2. The van der Waals surface area contributed by atoms with Gasteiger partial charge in [0.2, 0.25) is 0 Å². The molecule has 3 aromatic rings. The van der Waals surface area contributed by atoms with Gasteiger partial charge in [-0.1, -0.05) is 5.21 Å². The highest BCUT2D eigenvalue weighted by molar-refractivity contribution is 5.90. The van der Waals surface area contributed by atoms with E-state index in [0.29, 0.717) is 13.0 Å². The van der Waals surface area contributed by atoms with Gasteiger partial charge in [-0.05, 0) is 45.4 Å². The van der Waals surface area contributed by atoms with Crippen molar-refractivity contribution in [3.05, 3.63) is 48.5 Å². The molecule has 1 fully saturated rings. The molecule has 1 saturated heterocycles. The normalized spacial score (nSPS) is 17.9. The van der Waals surface area contributed by atoms with Gasteiger partial charge in [-0.3, -0.25) is 9.48 Å². The van der Waals surface area contributed by atoms with Gasteiger partial charge in [-0.15, -0.1) is 18.3 Å². The number of likely N-dealkylation sites (tertiary alicyclic amines) is 1. The van der Waals surface area contributed by atoms with E-state index in [2.05, 4.69) is 25.3 Å². The van der Waals surface area contributed by atoms with Crippen molar-refractivity contribution in [1.82, 2.24) is 30.2 Å². The number of hydrogen-bond donors (Lipinski definition) is 1. The van der Waals surface area contributed by atoms with Gasteiger partial charge in [0, 0.05) is 24.3 Å². The second-order valence-electron chi connectivity index (χ2n) is 9.54. The molecular weight excluding hydrogens is 516 g/mol. The summed E-state index contributed by atoms with van der Waals surface area (Å²) in [5, 5.41) is 10.4. The van der Waals surface area contributed by atoms with Gasteiger partial charge >= 0.3 is 18.4 Å². The van der Waals surface area contributed by atoms with Gasteiger partial charge in [-0.2, -0.15) is 0 Å². The van der Waals surface area contributed by atoms with Crippen LogP contribution in [-0.4, -0.2) is 67.5 Å². The van der Waals surface area contributed by atoms with Crippen LogP contribution in [0.5, 0.6) is 5.75 Å². The topological polar surface area (TPSA) is 125 Å². The van der Waals surface area contributed by atoms with Crippen molar-refractivity contribution in [2.45, 2.75) is 57.8 Å². The maximum absolute atomic E-state index is 13.7. The molecule has 3 heterocycles. The van der Waals surface area contributed by atoms with E-state index in [4.69, 9.17) is 9.15 Å². The summed E-state index contributed by atoms with van der Waals surface area (Å²) in [4.78, 5) is 31.0. The molecule has 15 heteroatoms. The van der Waals surface area contributed by atoms with Crippen molar-refractivity contribution in [3.63, 3.8) is 0 Å². The van der Waals surface area contributed by atoms with Crippen LogP contribution in [0.25, 0.3) is 11.3 Å². The Morgan fingerprint density at radius 2 is 2.00 bits per heavy atom. The Morgan fingerprint density at radius 3 is 2.66 bits per heavy atom. The lowest BCUT2D eigenvalue weighted by molar-refractivity contribution is -0.275.